The van der Waals surface area contributed by atoms with E-state index >= 15 is 4.39 Å². The van der Waals surface area contributed by atoms with Crippen molar-refractivity contribution in [1.82, 2.24) is 10.2 Å². The van der Waals surface area contributed by atoms with Crippen LogP contribution in [0.4, 0.5) is 10.1 Å². The Labute approximate surface area is 157 Å². The highest BCUT2D eigenvalue weighted by Gasteiger charge is 2.41. The second-order valence-electron chi connectivity index (χ2n) is 8.09. The third-order valence-corrected chi connectivity index (χ3v) is 6.11. The molecule has 2 aliphatic carbocycles. The Morgan fingerprint density at radius 1 is 1.30 bits per heavy atom. The number of hydrogen-bond donors (Lipinski definition) is 1. The number of benzene rings is 1. The molecule has 1 atom stereocenters. The van der Waals surface area contributed by atoms with Gasteiger partial charge in [0.15, 0.2) is 0 Å². The largest absolute Gasteiger partial charge is 0.489 e. The first-order valence-electron chi connectivity index (χ1n) is 9.97. The molecule has 0 saturated heterocycles. The molecule has 0 radical (unpaired) electrons. The first-order chi connectivity index (χ1) is 13.1. The van der Waals surface area contributed by atoms with E-state index in [4.69, 9.17) is 4.74 Å². The topological polar surface area (TPSA) is 58.2 Å². The summed E-state index contributed by atoms with van der Waals surface area (Å²) in [5.41, 5.74) is 2.81. The van der Waals surface area contributed by atoms with Crippen molar-refractivity contribution in [3.05, 3.63) is 29.8 Å². The summed E-state index contributed by atoms with van der Waals surface area (Å²) < 4.78 is 21.7. The van der Waals surface area contributed by atoms with E-state index in [-0.39, 0.29) is 29.8 Å². The number of carbonyl (C=O) groups is 1. The van der Waals surface area contributed by atoms with Crippen molar-refractivity contribution < 1.29 is 13.9 Å². The van der Waals surface area contributed by atoms with Crippen molar-refractivity contribution in [2.75, 3.05) is 4.90 Å². The zero-order valence-electron chi connectivity index (χ0n) is 15.5. The van der Waals surface area contributed by atoms with Gasteiger partial charge in [-0.25, -0.2) is 4.39 Å². The van der Waals surface area contributed by atoms with Crippen LogP contribution in [0.2, 0.25) is 0 Å². The number of rotatable bonds is 4. The highest BCUT2D eigenvalue weighted by molar-refractivity contribution is 5.99. The van der Waals surface area contributed by atoms with Gasteiger partial charge in [-0.15, -0.1) is 0 Å². The van der Waals surface area contributed by atoms with E-state index < -0.39 is 0 Å². The van der Waals surface area contributed by atoms with Gasteiger partial charge in [0.1, 0.15) is 11.6 Å². The molecule has 5 rings (SSSR count). The van der Waals surface area contributed by atoms with Crippen LogP contribution in [0.1, 0.15) is 51.0 Å². The van der Waals surface area contributed by atoms with E-state index in [1.54, 1.807) is 17.3 Å². The van der Waals surface area contributed by atoms with Crippen LogP contribution < -0.4 is 9.64 Å². The molecule has 2 saturated carbocycles. The summed E-state index contributed by atoms with van der Waals surface area (Å²) >= 11 is 0. The monoisotopic (exact) mass is 369 g/mol. The summed E-state index contributed by atoms with van der Waals surface area (Å²) in [5, 5.41) is 6.81. The molecule has 2 fully saturated rings. The predicted molar refractivity (Wildman–Crippen MR) is 100 cm³/mol. The fourth-order valence-electron chi connectivity index (χ4n) is 4.13. The number of hydrogen-bond acceptors (Lipinski definition) is 3. The summed E-state index contributed by atoms with van der Waals surface area (Å²) in [5.74, 6) is 0.510. The van der Waals surface area contributed by atoms with Gasteiger partial charge in [0.05, 0.1) is 18.0 Å². The summed E-state index contributed by atoms with van der Waals surface area (Å²) in [4.78, 5) is 14.6. The number of nitrogens with one attached hydrogen (secondary N) is 1. The Kier molecular flexibility index (Phi) is 3.95. The summed E-state index contributed by atoms with van der Waals surface area (Å²) in [6.45, 7) is 2.01. The highest BCUT2D eigenvalue weighted by Crippen LogP contribution is 2.47. The van der Waals surface area contributed by atoms with Crippen LogP contribution in [0.3, 0.4) is 0 Å². The van der Waals surface area contributed by atoms with Crippen LogP contribution in [-0.2, 0) is 11.2 Å². The van der Waals surface area contributed by atoms with E-state index in [2.05, 4.69) is 10.2 Å². The molecule has 1 amide bonds. The van der Waals surface area contributed by atoms with Crippen molar-refractivity contribution in [3.63, 3.8) is 0 Å². The van der Waals surface area contributed by atoms with Gasteiger partial charge in [-0.2, -0.15) is 5.10 Å². The quantitative estimate of drug-likeness (QED) is 0.878. The third kappa shape index (κ3) is 2.82. The number of carbonyl (C=O) groups excluding carboxylic acids is 1. The lowest BCUT2D eigenvalue weighted by Crippen LogP contribution is -2.44. The van der Waals surface area contributed by atoms with Crippen LogP contribution in [0.25, 0.3) is 11.1 Å². The second-order valence-corrected chi connectivity index (χ2v) is 8.09. The fraction of sp³-hybridized carbons (Fsp3) is 0.524. The van der Waals surface area contributed by atoms with E-state index in [0.29, 0.717) is 5.69 Å². The van der Waals surface area contributed by atoms with Gasteiger partial charge in [-0.05, 0) is 57.9 Å². The van der Waals surface area contributed by atoms with Crippen molar-refractivity contribution in [2.24, 2.45) is 5.92 Å². The minimum absolute atomic E-state index is 0.0106. The van der Waals surface area contributed by atoms with Gasteiger partial charge in [-0.1, -0.05) is 0 Å². The Morgan fingerprint density at radius 3 is 2.74 bits per heavy atom. The number of aromatic nitrogens is 2. The molecular formula is C21H24FN3O2. The number of nitrogens with zero attached hydrogens (tertiary/aromatic N) is 2. The van der Waals surface area contributed by atoms with Crippen LogP contribution in [-0.4, -0.2) is 28.3 Å². The highest BCUT2D eigenvalue weighted by atomic mass is 19.1. The van der Waals surface area contributed by atoms with E-state index in [9.17, 15) is 4.79 Å². The van der Waals surface area contributed by atoms with Crippen molar-refractivity contribution in [1.29, 1.82) is 0 Å². The number of aromatic amines is 1. The summed E-state index contributed by atoms with van der Waals surface area (Å²) in [6.07, 6.45) is 10.2. The smallest absolute Gasteiger partial charge is 0.230 e. The SMILES string of the molecule is C[C@H]1CCc2c(OC3CCC3)c(-c3cn[nH]c3)cc(F)c2N1C(=O)C1CC1. The lowest BCUT2D eigenvalue weighted by atomic mass is 9.90. The fourth-order valence-corrected chi connectivity index (χ4v) is 4.13. The summed E-state index contributed by atoms with van der Waals surface area (Å²) in [7, 11) is 0. The van der Waals surface area contributed by atoms with Crippen LogP contribution in [0.15, 0.2) is 18.5 Å². The van der Waals surface area contributed by atoms with Gasteiger partial charge >= 0.3 is 0 Å². The first-order valence-corrected chi connectivity index (χ1v) is 9.97. The van der Waals surface area contributed by atoms with Gasteiger partial charge in [0, 0.05) is 34.8 Å². The van der Waals surface area contributed by atoms with Gasteiger partial charge in [-0.3, -0.25) is 9.89 Å². The molecule has 2 aromatic rings. The molecule has 3 aliphatic rings. The molecule has 142 valence electrons. The molecular weight excluding hydrogens is 345 g/mol. The molecule has 1 aromatic heterocycles. The molecule has 5 nitrogen and oxygen atoms in total. The molecule has 0 unspecified atom stereocenters. The summed E-state index contributed by atoms with van der Waals surface area (Å²) in [6, 6.07) is 1.53. The second kappa shape index (κ2) is 6.36. The lowest BCUT2D eigenvalue weighted by Gasteiger charge is -2.38. The Morgan fingerprint density at radius 2 is 2.11 bits per heavy atom. The molecule has 27 heavy (non-hydrogen) atoms. The number of anilines is 1. The van der Waals surface area contributed by atoms with Crippen molar-refractivity contribution >= 4 is 11.6 Å². The maximum atomic E-state index is 15.3. The maximum Gasteiger partial charge on any atom is 0.230 e. The lowest BCUT2D eigenvalue weighted by molar-refractivity contribution is -0.120. The normalized spacial score (nSPS) is 22.3. The third-order valence-electron chi connectivity index (χ3n) is 6.11. The number of ether oxygens (including phenoxy) is 1. The predicted octanol–water partition coefficient (Wildman–Crippen LogP) is 4.22. The van der Waals surface area contributed by atoms with Crippen LogP contribution >= 0.6 is 0 Å². The van der Waals surface area contributed by atoms with E-state index in [0.717, 1.165) is 61.0 Å². The van der Waals surface area contributed by atoms with Crippen molar-refractivity contribution in [2.45, 2.75) is 64.0 Å². The van der Waals surface area contributed by atoms with Gasteiger partial charge in [0.2, 0.25) is 5.91 Å². The average Bonchev–Trinajstić information content (AvgIpc) is 3.33. The van der Waals surface area contributed by atoms with Crippen LogP contribution in [0, 0.1) is 11.7 Å². The minimum atomic E-state index is -0.345. The van der Waals surface area contributed by atoms with Crippen molar-refractivity contribution in [3.8, 4) is 16.9 Å². The molecule has 2 heterocycles. The zero-order chi connectivity index (χ0) is 18.5. The molecule has 1 aliphatic heterocycles. The Balaban J connectivity index is 1.66. The number of amides is 1. The van der Waals surface area contributed by atoms with Gasteiger partial charge in [0.25, 0.3) is 0 Å². The average molecular weight is 369 g/mol. The van der Waals surface area contributed by atoms with Crippen LogP contribution in [0.5, 0.6) is 5.75 Å². The van der Waals surface area contributed by atoms with E-state index in [1.807, 2.05) is 6.92 Å². The first kappa shape index (κ1) is 16.8. The number of halogens is 1. The zero-order valence-corrected chi connectivity index (χ0v) is 15.5. The molecule has 1 aromatic carbocycles. The Bertz CT molecular complexity index is 872. The maximum absolute atomic E-state index is 15.3. The number of fused-ring (bicyclic) bond motifs is 1. The number of H-pyrrole nitrogens is 1. The molecule has 0 spiro atoms. The molecule has 6 heteroatoms. The van der Waals surface area contributed by atoms with Gasteiger partial charge < -0.3 is 9.64 Å². The molecule has 0 bridgehead atoms. The van der Waals surface area contributed by atoms with E-state index in [1.165, 1.54) is 12.5 Å². The minimum Gasteiger partial charge on any atom is -0.489 e. The molecule has 1 N–H and O–H groups in total. The Hall–Kier alpha value is -2.37. The standard InChI is InChI=1S/C21H24FN3O2/c1-12-5-8-16-19(25(12)21(26)13-6-7-13)18(22)9-17(14-10-23-24-11-14)20(16)27-15-3-2-4-15/h9-13,15H,2-8H2,1H3,(H,23,24)/t12-/m0/s1.